The number of carbonyl (C=O) groups excluding carboxylic acids is 1. The Morgan fingerprint density at radius 2 is 1.68 bits per heavy atom. The number of morpholine rings is 1. The molecule has 0 spiro atoms. The van der Waals surface area contributed by atoms with Crippen LogP contribution in [0, 0.1) is 0 Å². The first-order valence-electron chi connectivity index (χ1n) is 9.86. The molecule has 4 rings (SSSR count). The second kappa shape index (κ2) is 8.99. The van der Waals surface area contributed by atoms with Crippen molar-refractivity contribution in [1.82, 2.24) is 9.97 Å². The van der Waals surface area contributed by atoms with Crippen LogP contribution in [0.4, 0.5) is 17.3 Å². The molecule has 2 aromatic rings. The molecule has 0 atom stereocenters. The summed E-state index contributed by atoms with van der Waals surface area (Å²) in [6.45, 7) is 7.37. The monoisotopic (exact) mass is 383 g/mol. The molecule has 1 aromatic carbocycles. The summed E-state index contributed by atoms with van der Waals surface area (Å²) >= 11 is 0. The van der Waals surface area contributed by atoms with Crippen molar-refractivity contribution in [2.45, 2.75) is 0 Å². The molecule has 3 heterocycles. The number of quaternary nitrogens is 1. The van der Waals surface area contributed by atoms with Crippen molar-refractivity contribution in [1.29, 1.82) is 0 Å². The number of carbonyl (C=O) groups is 1. The van der Waals surface area contributed by atoms with Gasteiger partial charge < -0.3 is 24.8 Å². The van der Waals surface area contributed by atoms with Crippen LogP contribution in [-0.4, -0.2) is 74.9 Å². The molecule has 2 saturated heterocycles. The second-order valence-corrected chi connectivity index (χ2v) is 7.16. The lowest BCUT2D eigenvalue weighted by Crippen LogP contribution is -3.15. The van der Waals surface area contributed by atoms with Crippen molar-refractivity contribution in [3.8, 4) is 0 Å². The molecule has 28 heavy (non-hydrogen) atoms. The highest BCUT2D eigenvalue weighted by atomic mass is 16.5. The summed E-state index contributed by atoms with van der Waals surface area (Å²) < 4.78 is 5.39. The number of amides is 1. The number of rotatable bonds is 5. The predicted octanol–water partition coefficient (Wildman–Crippen LogP) is -0.343. The molecule has 0 radical (unpaired) electrons. The molecule has 148 valence electrons. The summed E-state index contributed by atoms with van der Waals surface area (Å²) in [5.41, 5.74) is 2.02. The predicted molar refractivity (Wildman–Crippen MR) is 108 cm³/mol. The van der Waals surface area contributed by atoms with Gasteiger partial charge in [0.05, 0.1) is 39.4 Å². The summed E-state index contributed by atoms with van der Waals surface area (Å²) in [6.07, 6.45) is 3.53. The van der Waals surface area contributed by atoms with Gasteiger partial charge in [-0.2, -0.15) is 0 Å². The van der Waals surface area contributed by atoms with Gasteiger partial charge in [0.25, 0.3) is 5.91 Å². The number of anilines is 3. The minimum atomic E-state index is 0.0542. The SMILES string of the molecule is O=C(C[NH+]1CCN(c2ncccn2)CC1)Nc1ccc(N2CCOCC2)cc1. The highest BCUT2D eigenvalue weighted by Crippen LogP contribution is 2.18. The highest BCUT2D eigenvalue weighted by molar-refractivity contribution is 5.91. The lowest BCUT2D eigenvalue weighted by Gasteiger charge is -2.31. The summed E-state index contributed by atoms with van der Waals surface area (Å²) in [5.74, 6) is 0.824. The third-order valence-electron chi connectivity index (χ3n) is 5.24. The summed E-state index contributed by atoms with van der Waals surface area (Å²) in [5, 5.41) is 3.02. The molecule has 1 amide bonds. The Hall–Kier alpha value is -2.71. The first-order valence-corrected chi connectivity index (χ1v) is 9.86. The fraction of sp³-hybridized carbons (Fsp3) is 0.450. The van der Waals surface area contributed by atoms with Crippen molar-refractivity contribution >= 4 is 23.2 Å². The maximum Gasteiger partial charge on any atom is 0.279 e. The van der Waals surface area contributed by atoms with Gasteiger partial charge in [0, 0.05) is 36.9 Å². The number of aromatic nitrogens is 2. The zero-order valence-electron chi connectivity index (χ0n) is 16.0. The third-order valence-corrected chi connectivity index (χ3v) is 5.24. The van der Waals surface area contributed by atoms with Crippen LogP contribution in [0.5, 0.6) is 0 Å². The second-order valence-electron chi connectivity index (χ2n) is 7.16. The Morgan fingerprint density at radius 1 is 1.00 bits per heavy atom. The van der Waals surface area contributed by atoms with E-state index in [1.165, 1.54) is 10.6 Å². The third kappa shape index (κ3) is 4.76. The smallest absolute Gasteiger partial charge is 0.279 e. The lowest BCUT2D eigenvalue weighted by atomic mass is 10.2. The van der Waals surface area contributed by atoms with Crippen LogP contribution in [-0.2, 0) is 9.53 Å². The number of nitrogens with zero attached hydrogens (tertiary/aromatic N) is 4. The van der Waals surface area contributed by atoms with Crippen molar-refractivity contribution in [2.24, 2.45) is 0 Å². The van der Waals surface area contributed by atoms with E-state index >= 15 is 0 Å². The zero-order chi connectivity index (χ0) is 19.2. The lowest BCUT2D eigenvalue weighted by molar-refractivity contribution is -0.892. The van der Waals surface area contributed by atoms with Gasteiger partial charge in [-0.3, -0.25) is 4.79 Å². The number of hydrogen-bond acceptors (Lipinski definition) is 6. The molecule has 2 fully saturated rings. The van der Waals surface area contributed by atoms with Crippen molar-refractivity contribution < 1.29 is 14.4 Å². The standard InChI is InChI=1S/C20H26N6O2/c27-19(16-24-8-10-26(11-9-24)20-21-6-1-7-22-20)23-17-2-4-18(5-3-17)25-12-14-28-15-13-25/h1-7H,8-16H2,(H,23,27)/p+1. The first kappa shape index (κ1) is 18.6. The van der Waals surface area contributed by atoms with Crippen molar-refractivity contribution in [3.63, 3.8) is 0 Å². The Bertz CT molecular complexity index is 756. The molecule has 2 aliphatic heterocycles. The molecular formula is C20H27N6O2+. The van der Waals surface area contributed by atoms with Crippen molar-refractivity contribution in [3.05, 3.63) is 42.7 Å². The summed E-state index contributed by atoms with van der Waals surface area (Å²) in [7, 11) is 0. The zero-order valence-corrected chi connectivity index (χ0v) is 16.0. The van der Waals surface area contributed by atoms with Crippen LogP contribution in [0.2, 0.25) is 0 Å². The molecule has 2 N–H and O–H groups in total. The van der Waals surface area contributed by atoms with Gasteiger partial charge in [-0.15, -0.1) is 0 Å². The number of hydrogen-bond donors (Lipinski definition) is 2. The average molecular weight is 383 g/mol. The molecule has 0 saturated carbocycles. The van der Waals surface area contributed by atoms with E-state index in [2.05, 4.69) is 37.2 Å². The van der Waals surface area contributed by atoms with E-state index in [1.54, 1.807) is 12.4 Å². The van der Waals surface area contributed by atoms with E-state index < -0.39 is 0 Å². The molecule has 0 unspecified atom stereocenters. The summed E-state index contributed by atoms with van der Waals surface area (Å²) in [6, 6.07) is 9.90. The van der Waals surface area contributed by atoms with E-state index in [0.29, 0.717) is 6.54 Å². The average Bonchev–Trinajstić information content (AvgIpc) is 2.76. The van der Waals surface area contributed by atoms with Crippen LogP contribution in [0.1, 0.15) is 0 Å². The van der Waals surface area contributed by atoms with E-state index in [1.807, 2.05) is 18.2 Å². The minimum absolute atomic E-state index is 0.0542. The van der Waals surface area contributed by atoms with Crippen LogP contribution >= 0.6 is 0 Å². The van der Waals surface area contributed by atoms with Crippen LogP contribution in [0.15, 0.2) is 42.7 Å². The minimum Gasteiger partial charge on any atom is -0.378 e. The molecule has 8 heteroatoms. The quantitative estimate of drug-likeness (QED) is 0.736. The number of ether oxygens (including phenoxy) is 1. The van der Waals surface area contributed by atoms with Gasteiger partial charge >= 0.3 is 0 Å². The first-order chi connectivity index (χ1) is 13.8. The van der Waals surface area contributed by atoms with Gasteiger partial charge in [-0.25, -0.2) is 9.97 Å². The van der Waals surface area contributed by atoms with Crippen molar-refractivity contribution in [2.75, 3.05) is 74.1 Å². The maximum atomic E-state index is 12.4. The van der Waals surface area contributed by atoms with E-state index in [0.717, 1.165) is 64.1 Å². The van der Waals surface area contributed by atoms with Gasteiger partial charge in [0.1, 0.15) is 0 Å². The maximum absolute atomic E-state index is 12.4. The van der Waals surface area contributed by atoms with Crippen LogP contribution < -0.4 is 20.0 Å². The van der Waals surface area contributed by atoms with Gasteiger partial charge in [0.2, 0.25) is 5.95 Å². The fourth-order valence-corrected chi connectivity index (χ4v) is 3.66. The molecular weight excluding hydrogens is 356 g/mol. The number of nitrogens with one attached hydrogen (secondary N) is 2. The van der Waals surface area contributed by atoms with E-state index in [-0.39, 0.29) is 5.91 Å². The largest absolute Gasteiger partial charge is 0.378 e. The Labute approximate surface area is 165 Å². The Morgan fingerprint density at radius 3 is 2.36 bits per heavy atom. The molecule has 2 aliphatic rings. The van der Waals surface area contributed by atoms with Gasteiger partial charge in [-0.05, 0) is 30.3 Å². The Balaban J connectivity index is 1.23. The molecule has 8 nitrogen and oxygen atoms in total. The summed E-state index contributed by atoms with van der Waals surface area (Å²) in [4.78, 5) is 26.8. The molecule has 0 aliphatic carbocycles. The topological polar surface area (TPSA) is 75.0 Å². The normalized spacial score (nSPS) is 18.1. The Kier molecular flexibility index (Phi) is 5.98. The van der Waals surface area contributed by atoms with Crippen LogP contribution in [0.25, 0.3) is 0 Å². The van der Waals surface area contributed by atoms with E-state index in [9.17, 15) is 4.79 Å². The van der Waals surface area contributed by atoms with Crippen LogP contribution in [0.3, 0.4) is 0 Å². The highest BCUT2D eigenvalue weighted by Gasteiger charge is 2.23. The van der Waals surface area contributed by atoms with Gasteiger partial charge in [0.15, 0.2) is 6.54 Å². The number of benzene rings is 1. The molecule has 1 aromatic heterocycles. The van der Waals surface area contributed by atoms with Gasteiger partial charge in [-0.1, -0.05) is 0 Å². The fourth-order valence-electron chi connectivity index (χ4n) is 3.66. The van der Waals surface area contributed by atoms with E-state index in [4.69, 9.17) is 4.74 Å². The molecule has 0 bridgehead atoms. The number of piperazine rings is 1.